The van der Waals surface area contributed by atoms with E-state index in [2.05, 4.69) is 5.32 Å². The minimum absolute atomic E-state index is 0.185. The molecule has 0 aromatic heterocycles. The number of nitro benzene ring substituents is 1. The Hall–Kier alpha value is -2.90. The minimum Gasteiger partial charge on any atom is -0.483 e. The lowest BCUT2D eigenvalue weighted by Crippen LogP contribution is -2.28. The number of hydrogen-bond donors (Lipinski definition) is 2. The van der Waals surface area contributed by atoms with E-state index in [4.69, 9.17) is 9.84 Å². The Morgan fingerprint density at radius 3 is 2.76 bits per heavy atom. The molecule has 1 aromatic carbocycles. The number of carboxylic acid groups (broad SMARTS) is 1. The van der Waals surface area contributed by atoms with Gasteiger partial charge in [-0.1, -0.05) is 0 Å². The lowest BCUT2D eigenvalue weighted by atomic mass is 10.1. The second kappa shape index (κ2) is 7.63. The summed E-state index contributed by atoms with van der Waals surface area (Å²) in [6, 6.07) is 3.70. The van der Waals surface area contributed by atoms with Crippen molar-refractivity contribution < 1.29 is 24.4 Å². The van der Waals surface area contributed by atoms with Crippen LogP contribution in [-0.4, -0.2) is 35.1 Å². The zero-order valence-corrected chi connectivity index (χ0v) is 11.2. The van der Waals surface area contributed by atoms with Gasteiger partial charge in [0.15, 0.2) is 6.61 Å². The molecule has 112 valence electrons. The predicted octanol–water partition coefficient (Wildman–Crippen LogP) is 1.21. The molecule has 0 fully saturated rings. The largest absolute Gasteiger partial charge is 0.483 e. The van der Waals surface area contributed by atoms with E-state index >= 15 is 0 Å². The van der Waals surface area contributed by atoms with E-state index in [0.717, 1.165) is 6.08 Å². The molecule has 0 aliphatic rings. The second-order valence-electron chi connectivity index (χ2n) is 3.89. The van der Waals surface area contributed by atoms with E-state index in [9.17, 15) is 19.7 Å². The van der Waals surface area contributed by atoms with Crippen LogP contribution in [0.5, 0.6) is 5.75 Å². The third-order valence-electron chi connectivity index (χ3n) is 2.34. The second-order valence-corrected chi connectivity index (χ2v) is 3.89. The number of likely N-dealkylation sites (N-methyl/N-ethyl adjacent to an activating group) is 1. The zero-order valence-electron chi connectivity index (χ0n) is 11.2. The van der Waals surface area contributed by atoms with Gasteiger partial charge in [0.05, 0.1) is 4.92 Å². The molecule has 0 bridgehead atoms. The molecule has 1 rings (SSSR count). The number of carbonyl (C=O) groups is 2. The number of ether oxygens (including phenoxy) is 1. The van der Waals surface area contributed by atoms with Gasteiger partial charge in [-0.3, -0.25) is 14.9 Å². The van der Waals surface area contributed by atoms with Crippen LogP contribution in [0, 0.1) is 10.1 Å². The third kappa shape index (κ3) is 5.31. The number of non-ortho nitro benzene ring substituents is 1. The topological polar surface area (TPSA) is 119 Å². The van der Waals surface area contributed by atoms with Crippen molar-refractivity contribution in [3.05, 3.63) is 40.0 Å². The first-order chi connectivity index (χ1) is 9.93. The quantitative estimate of drug-likeness (QED) is 0.443. The molecule has 0 spiro atoms. The number of carboxylic acids is 1. The number of hydrogen-bond acceptors (Lipinski definition) is 5. The van der Waals surface area contributed by atoms with Crippen molar-refractivity contribution >= 4 is 23.6 Å². The lowest BCUT2D eigenvalue weighted by molar-refractivity contribution is -0.384. The van der Waals surface area contributed by atoms with Gasteiger partial charge >= 0.3 is 5.97 Å². The molecule has 0 aliphatic carbocycles. The third-order valence-corrected chi connectivity index (χ3v) is 2.34. The fourth-order valence-electron chi connectivity index (χ4n) is 1.46. The van der Waals surface area contributed by atoms with Crippen LogP contribution in [0.15, 0.2) is 24.3 Å². The summed E-state index contributed by atoms with van der Waals surface area (Å²) in [7, 11) is 0. The maximum Gasteiger partial charge on any atom is 0.328 e. The zero-order chi connectivity index (χ0) is 15.8. The van der Waals surface area contributed by atoms with E-state index in [1.807, 2.05) is 0 Å². The SMILES string of the molecule is CCNC(=O)COc1ccc([N+](=O)[O-])cc1/C=C/C(=O)O. The first kappa shape index (κ1) is 16.2. The van der Waals surface area contributed by atoms with E-state index in [0.29, 0.717) is 6.54 Å². The number of nitrogens with zero attached hydrogens (tertiary/aromatic N) is 1. The van der Waals surface area contributed by atoms with Gasteiger partial charge in [-0.2, -0.15) is 0 Å². The Kier molecular flexibility index (Phi) is 5.87. The monoisotopic (exact) mass is 294 g/mol. The predicted molar refractivity (Wildman–Crippen MR) is 73.9 cm³/mol. The summed E-state index contributed by atoms with van der Waals surface area (Å²) >= 11 is 0. The van der Waals surface area contributed by atoms with Crippen molar-refractivity contribution in [3.63, 3.8) is 0 Å². The summed E-state index contributed by atoms with van der Waals surface area (Å²) in [5.74, 6) is -1.36. The lowest BCUT2D eigenvalue weighted by Gasteiger charge is -2.09. The molecule has 0 radical (unpaired) electrons. The first-order valence-electron chi connectivity index (χ1n) is 6.03. The molecule has 0 unspecified atom stereocenters. The van der Waals surface area contributed by atoms with Crippen molar-refractivity contribution in [2.24, 2.45) is 0 Å². The van der Waals surface area contributed by atoms with Gasteiger partial charge in [0.2, 0.25) is 0 Å². The molecule has 0 atom stereocenters. The van der Waals surface area contributed by atoms with Gasteiger partial charge in [0, 0.05) is 30.3 Å². The Bertz CT molecular complexity index is 582. The summed E-state index contributed by atoms with van der Waals surface area (Å²) in [6.07, 6.45) is 2.00. The van der Waals surface area contributed by atoms with Gasteiger partial charge in [-0.05, 0) is 19.1 Å². The molecule has 0 saturated heterocycles. The average Bonchev–Trinajstić information content (AvgIpc) is 2.43. The molecule has 0 saturated carbocycles. The number of aliphatic carboxylic acids is 1. The average molecular weight is 294 g/mol. The molecule has 0 aliphatic heterocycles. The van der Waals surface area contributed by atoms with Gasteiger partial charge in [-0.15, -0.1) is 0 Å². The minimum atomic E-state index is -1.20. The molecule has 1 amide bonds. The van der Waals surface area contributed by atoms with Crippen LogP contribution in [0.2, 0.25) is 0 Å². The Morgan fingerprint density at radius 1 is 1.48 bits per heavy atom. The normalized spacial score (nSPS) is 10.3. The Balaban J connectivity index is 2.98. The number of amides is 1. The van der Waals surface area contributed by atoms with Crippen LogP contribution in [0.1, 0.15) is 12.5 Å². The Labute approximate surface area is 120 Å². The highest BCUT2D eigenvalue weighted by Crippen LogP contribution is 2.25. The van der Waals surface area contributed by atoms with Gasteiger partial charge in [0.25, 0.3) is 11.6 Å². The van der Waals surface area contributed by atoms with Crippen molar-refractivity contribution in [2.75, 3.05) is 13.2 Å². The van der Waals surface area contributed by atoms with E-state index in [1.54, 1.807) is 6.92 Å². The summed E-state index contributed by atoms with van der Waals surface area (Å²) in [5.41, 5.74) is 0.00120. The molecular formula is C13H14N2O6. The highest BCUT2D eigenvalue weighted by atomic mass is 16.6. The first-order valence-corrected chi connectivity index (χ1v) is 6.03. The smallest absolute Gasteiger partial charge is 0.328 e. The van der Waals surface area contributed by atoms with Crippen LogP contribution >= 0.6 is 0 Å². The maximum absolute atomic E-state index is 11.3. The van der Waals surface area contributed by atoms with Gasteiger partial charge in [-0.25, -0.2) is 4.79 Å². The van der Waals surface area contributed by atoms with Crippen LogP contribution in [-0.2, 0) is 9.59 Å². The molecule has 0 heterocycles. The number of nitrogens with one attached hydrogen (secondary N) is 1. The molecule has 2 N–H and O–H groups in total. The number of nitro groups is 1. The van der Waals surface area contributed by atoms with Crippen molar-refractivity contribution in [1.29, 1.82) is 0 Å². The van der Waals surface area contributed by atoms with Crippen molar-refractivity contribution in [3.8, 4) is 5.75 Å². The molecule has 21 heavy (non-hydrogen) atoms. The summed E-state index contributed by atoms with van der Waals surface area (Å²) < 4.78 is 5.24. The number of carbonyl (C=O) groups excluding carboxylic acids is 1. The standard InChI is InChI=1S/C13H14N2O6/c1-2-14-12(16)8-21-11-5-4-10(15(19)20)7-9(11)3-6-13(17)18/h3-7H,2,8H2,1H3,(H,14,16)(H,17,18)/b6-3+. The Morgan fingerprint density at radius 2 is 2.19 bits per heavy atom. The molecule has 1 aromatic rings. The van der Waals surface area contributed by atoms with E-state index in [1.165, 1.54) is 24.3 Å². The fraction of sp³-hybridized carbons (Fsp3) is 0.231. The summed E-state index contributed by atoms with van der Waals surface area (Å²) in [5, 5.41) is 21.9. The summed E-state index contributed by atoms with van der Waals surface area (Å²) in [4.78, 5) is 31.9. The summed E-state index contributed by atoms with van der Waals surface area (Å²) in [6.45, 7) is 1.94. The van der Waals surface area contributed by atoms with Crippen molar-refractivity contribution in [1.82, 2.24) is 5.32 Å². The van der Waals surface area contributed by atoms with Crippen LogP contribution in [0.25, 0.3) is 6.08 Å². The van der Waals surface area contributed by atoms with Gasteiger partial charge in [0.1, 0.15) is 5.75 Å². The highest BCUT2D eigenvalue weighted by molar-refractivity contribution is 5.86. The van der Waals surface area contributed by atoms with Crippen LogP contribution in [0.4, 0.5) is 5.69 Å². The molecule has 8 nitrogen and oxygen atoms in total. The molecular weight excluding hydrogens is 280 g/mol. The van der Waals surface area contributed by atoms with Gasteiger partial charge < -0.3 is 15.2 Å². The van der Waals surface area contributed by atoms with Crippen molar-refractivity contribution in [2.45, 2.75) is 6.92 Å². The fourth-order valence-corrected chi connectivity index (χ4v) is 1.46. The van der Waals surface area contributed by atoms with E-state index < -0.39 is 10.9 Å². The maximum atomic E-state index is 11.3. The number of benzene rings is 1. The van der Waals surface area contributed by atoms with Crippen LogP contribution in [0.3, 0.4) is 0 Å². The molecule has 8 heteroatoms. The highest BCUT2D eigenvalue weighted by Gasteiger charge is 2.11. The number of rotatable bonds is 7. The van der Waals surface area contributed by atoms with E-state index in [-0.39, 0.29) is 29.5 Å². The van der Waals surface area contributed by atoms with Crippen LogP contribution < -0.4 is 10.1 Å².